The van der Waals surface area contributed by atoms with Crippen LogP contribution in [0.3, 0.4) is 0 Å². The molecule has 13 heteroatoms. The fraction of sp³-hybridized carbons (Fsp3) is 0.281. The Morgan fingerprint density at radius 2 is 1.67 bits per heavy atom. The van der Waals surface area contributed by atoms with Crippen molar-refractivity contribution in [2.45, 2.75) is 51.0 Å². The smallest absolute Gasteiger partial charge is 0.404 e. The predicted molar refractivity (Wildman–Crippen MR) is 161 cm³/mol. The number of carbonyl (C=O) groups is 2. The van der Waals surface area contributed by atoms with E-state index < -0.39 is 59.3 Å². The van der Waals surface area contributed by atoms with Crippen molar-refractivity contribution in [3.63, 3.8) is 0 Å². The summed E-state index contributed by atoms with van der Waals surface area (Å²) in [5.41, 5.74) is 3.12. The first-order valence-electron chi connectivity index (χ1n) is 13.8. The molecule has 0 radical (unpaired) electrons. The van der Waals surface area contributed by atoms with Crippen LogP contribution in [0.5, 0.6) is 23.0 Å². The van der Waals surface area contributed by atoms with Gasteiger partial charge in [-0.2, -0.15) is 0 Å². The van der Waals surface area contributed by atoms with E-state index in [9.17, 15) is 24.6 Å². The molecule has 4 atom stereocenters. The Bertz CT molecular complexity index is 1770. The molecule has 0 aliphatic carbocycles. The van der Waals surface area contributed by atoms with E-state index in [1.165, 1.54) is 31.4 Å². The van der Waals surface area contributed by atoms with Crippen molar-refractivity contribution in [3.05, 3.63) is 88.3 Å². The van der Waals surface area contributed by atoms with Gasteiger partial charge in [0.2, 0.25) is 6.29 Å². The lowest BCUT2D eigenvalue weighted by Gasteiger charge is -2.47. The highest BCUT2D eigenvalue weighted by Gasteiger charge is 2.53. The molecule has 1 aromatic heterocycles. The number of anilines is 1. The van der Waals surface area contributed by atoms with Gasteiger partial charge in [-0.25, -0.2) is 9.59 Å². The Balaban J connectivity index is 1.37. The summed E-state index contributed by atoms with van der Waals surface area (Å²) in [6, 6.07) is 18.2. The molecule has 5 N–H and O–H groups in total. The molecule has 1 aliphatic rings. The molecule has 0 unspecified atom stereocenters. The third kappa shape index (κ3) is 6.41. The van der Waals surface area contributed by atoms with Crippen LogP contribution in [0.2, 0.25) is 0 Å². The summed E-state index contributed by atoms with van der Waals surface area (Å²) in [5.74, 6) is 0.0930. The third-order valence-electron chi connectivity index (χ3n) is 7.35. The number of aromatic hydroxyl groups is 1. The number of aryl methyl sites for hydroxylation is 1. The van der Waals surface area contributed by atoms with Crippen LogP contribution < -0.4 is 26.1 Å². The van der Waals surface area contributed by atoms with Gasteiger partial charge < -0.3 is 49.4 Å². The maximum absolute atomic E-state index is 12.9. The summed E-state index contributed by atoms with van der Waals surface area (Å²) >= 11 is 0. The number of primary amides is 1. The second kappa shape index (κ2) is 12.5. The van der Waals surface area contributed by atoms with Crippen molar-refractivity contribution in [1.82, 2.24) is 0 Å². The number of benzene rings is 3. The van der Waals surface area contributed by atoms with Gasteiger partial charge in [0.15, 0.2) is 23.6 Å². The van der Waals surface area contributed by atoms with E-state index in [1.807, 2.05) is 18.2 Å². The van der Waals surface area contributed by atoms with E-state index in [0.717, 1.165) is 0 Å². The van der Waals surface area contributed by atoms with Crippen molar-refractivity contribution >= 4 is 28.7 Å². The lowest BCUT2D eigenvalue weighted by atomic mass is 9.89. The van der Waals surface area contributed by atoms with Gasteiger partial charge in [0.05, 0.1) is 11.0 Å². The molecular weight excluding hydrogens is 588 g/mol. The zero-order valence-corrected chi connectivity index (χ0v) is 24.8. The summed E-state index contributed by atoms with van der Waals surface area (Å²) in [6.45, 7) is 4.88. The first-order valence-corrected chi connectivity index (χ1v) is 13.8. The van der Waals surface area contributed by atoms with E-state index in [4.69, 9.17) is 33.8 Å². The molecule has 13 nitrogen and oxygen atoms in total. The van der Waals surface area contributed by atoms with Crippen molar-refractivity contribution in [2.75, 3.05) is 12.4 Å². The number of methoxy groups -OCH3 is 1. The highest BCUT2D eigenvalue weighted by atomic mass is 16.7. The molecular formula is C32H32N2O11. The normalized spacial score (nSPS) is 20.7. The van der Waals surface area contributed by atoms with Crippen LogP contribution in [0.25, 0.3) is 11.0 Å². The topological polar surface area (TPSA) is 189 Å². The van der Waals surface area contributed by atoms with Crippen LogP contribution >= 0.6 is 0 Å². The number of aliphatic hydroxyl groups excluding tert-OH is 1. The number of para-hydroxylation sites is 1. The molecule has 0 bridgehead atoms. The number of carbonyl (C=O) groups excluding carboxylic acids is 2. The summed E-state index contributed by atoms with van der Waals surface area (Å²) < 4.78 is 33.6. The van der Waals surface area contributed by atoms with Gasteiger partial charge in [-0.3, -0.25) is 4.79 Å². The van der Waals surface area contributed by atoms with Crippen LogP contribution in [0.15, 0.2) is 75.9 Å². The van der Waals surface area contributed by atoms with Gasteiger partial charge in [-0.05, 0) is 69.3 Å². The Hall–Kier alpha value is -5.11. The van der Waals surface area contributed by atoms with E-state index >= 15 is 0 Å². The molecule has 2 heterocycles. The number of rotatable bonds is 8. The lowest BCUT2D eigenvalue weighted by Crippen LogP contribution is -2.65. The lowest BCUT2D eigenvalue weighted by molar-refractivity contribution is -0.304. The van der Waals surface area contributed by atoms with Gasteiger partial charge in [0.1, 0.15) is 28.9 Å². The third-order valence-corrected chi connectivity index (χ3v) is 7.35. The molecule has 1 aliphatic heterocycles. The van der Waals surface area contributed by atoms with Crippen LogP contribution in [-0.2, 0) is 14.2 Å². The average Bonchev–Trinajstić information content (AvgIpc) is 3.00. The monoisotopic (exact) mass is 620 g/mol. The molecule has 0 spiro atoms. The van der Waals surface area contributed by atoms with Crippen molar-refractivity contribution in [2.24, 2.45) is 5.73 Å². The molecule has 3 aromatic carbocycles. The van der Waals surface area contributed by atoms with Crippen LogP contribution in [0.4, 0.5) is 10.5 Å². The first kappa shape index (κ1) is 31.3. The average molecular weight is 621 g/mol. The molecule has 1 saturated heterocycles. The highest BCUT2D eigenvalue weighted by molar-refractivity contribution is 6.06. The van der Waals surface area contributed by atoms with Crippen molar-refractivity contribution in [3.8, 4) is 23.0 Å². The second-order valence-corrected chi connectivity index (χ2v) is 10.8. The second-order valence-electron chi connectivity index (χ2n) is 10.8. The quantitative estimate of drug-likeness (QED) is 0.207. The zero-order valence-electron chi connectivity index (χ0n) is 24.8. The fourth-order valence-corrected chi connectivity index (χ4v) is 5.16. The SMILES string of the molecule is CO[C@@H]1[C@@H](OC(N)=O)[C@@H](O)[C@H](Oc2ccc3c(O)c(NC(=O)c4ccc(Oc5ccccc5)cc4)c(=O)oc3c2C)OC1(C)C. The number of nitrogens with two attached hydrogens (primary N) is 1. The van der Waals surface area contributed by atoms with Gasteiger partial charge >= 0.3 is 11.7 Å². The Morgan fingerprint density at radius 3 is 2.31 bits per heavy atom. The van der Waals surface area contributed by atoms with Crippen LogP contribution in [-0.4, -0.2) is 59.5 Å². The summed E-state index contributed by atoms with van der Waals surface area (Å²) in [6.07, 6.45) is -6.07. The van der Waals surface area contributed by atoms with Crippen molar-refractivity contribution in [1.29, 1.82) is 0 Å². The van der Waals surface area contributed by atoms with Crippen LogP contribution in [0, 0.1) is 6.92 Å². The molecule has 2 amide bonds. The fourth-order valence-electron chi connectivity index (χ4n) is 5.16. The molecule has 0 saturated carbocycles. The number of hydrogen-bond donors (Lipinski definition) is 4. The number of hydrogen-bond acceptors (Lipinski definition) is 11. The zero-order chi connectivity index (χ0) is 32.5. The Labute approximate surface area is 257 Å². The van der Waals surface area contributed by atoms with E-state index in [2.05, 4.69) is 5.32 Å². The van der Waals surface area contributed by atoms with Crippen molar-refractivity contribution < 1.29 is 47.9 Å². The standard InChI is InChI=1S/C32H32N2O11/c1-16-21(42-30-24(36)26(44-31(33)39)27(40-4)32(2,3)45-30)15-14-20-23(35)22(29(38)43-25(16)20)34-28(37)17-10-12-19(13-11-17)41-18-8-6-5-7-9-18/h5-15,24,26-27,30,35-36H,1-4H3,(H2,33,39)(H,34,37)/t24-,26+,27-,30-/m1/s1. The minimum Gasteiger partial charge on any atom is -0.505 e. The number of amides is 2. The summed E-state index contributed by atoms with van der Waals surface area (Å²) in [4.78, 5) is 37.4. The predicted octanol–water partition coefficient (Wildman–Crippen LogP) is 4.21. The maximum atomic E-state index is 12.9. The van der Waals surface area contributed by atoms with Gasteiger partial charge in [0, 0.05) is 18.2 Å². The molecule has 4 aromatic rings. The maximum Gasteiger partial charge on any atom is 0.404 e. The molecule has 45 heavy (non-hydrogen) atoms. The van der Waals surface area contributed by atoms with E-state index in [1.54, 1.807) is 45.0 Å². The minimum absolute atomic E-state index is 0.0281. The molecule has 236 valence electrons. The summed E-state index contributed by atoms with van der Waals surface area (Å²) in [7, 11) is 1.37. The number of nitrogens with one attached hydrogen (secondary N) is 1. The van der Waals surface area contributed by atoms with E-state index in [0.29, 0.717) is 11.5 Å². The number of ether oxygens (including phenoxy) is 5. The Kier molecular flexibility index (Phi) is 8.68. The minimum atomic E-state index is -1.51. The van der Waals surface area contributed by atoms with E-state index in [-0.39, 0.29) is 27.8 Å². The summed E-state index contributed by atoms with van der Waals surface area (Å²) in [5, 5.41) is 24.4. The number of fused-ring (bicyclic) bond motifs is 1. The van der Waals surface area contributed by atoms with Gasteiger partial charge in [0.25, 0.3) is 5.91 Å². The van der Waals surface area contributed by atoms with Gasteiger partial charge in [-0.15, -0.1) is 0 Å². The van der Waals surface area contributed by atoms with Crippen LogP contribution in [0.1, 0.15) is 29.8 Å². The number of aliphatic hydroxyl groups is 1. The molecule has 1 fully saturated rings. The highest BCUT2D eigenvalue weighted by Crippen LogP contribution is 2.38. The van der Waals surface area contributed by atoms with Gasteiger partial charge in [-0.1, -0.05) is 18.2 Å². The Morgan fingerprint density at radius 1 is 1.00 bits per heavy atom. The molecule has 5 rings (SSSR count). The first-order chi connectivity index (χ1) is 21.4. The largest absolute Gasteiger partial charge is 0.505 e.